The van der Waals surface area contributed by atoms with Gasteiger partial charge in [-0.1, -0.05) is 18.2 Å². The molecule has 0 unspecified atom stereocenters. The minimum absolute atomic E-state index is 0.0229. The Bertz CT molecular complexity index is 1170. The number of aliphatic hydroxyl groups excluding tert-OH is 2. The average Bonchev–Trinajstić information content (AvgIpc) is 3.47. The summed E-state index contributed by atoms with van der Waals surface area (Å²) in [5, 5.41) is 37.0. The number of ether oxygens (including phenoxy) is 1. The number of benzene rings is 1. The first-order chi connectivity index (χ1) is 15.3. The highest BCUT2D eigenvalue weighted by Gasteiger charge is 2.48. The lowest BCUT2D eigenvalue weighted by atomic mass is 10.0. The molecule has 13 heteroatoms. The van der Waals surface area contributed by atoms with Crippen molar-refractivity contribution in [3.63, 3.8) is 0 Å². The fourth-order valence-electron chi connectivity index (χ4n) is 3.58. The van der Waals surface area contributed by atoms with E-state index in [0.717, 1.165) is 21.9 Å². The largest absolute Gasteiger partial charge is 0.480 e. The van der Waals surface area contributed by atoms with Gasteiger partial charge in [0.1, 0.15) is 24.6 Å². The lowest BCUT2D eigenvalue weighted by Gasteiger charge is -2.19. The van der Waals surface area contributed by atoms with E-state index in [9.17, 15) is 29.7 Å². The number of primary amides is 1. The van der Waals surface area contributed by atoms with Crippen molar-refractivity contribution in [2.75, 3.05) is 0 Å². The van der Waals surface area contributed by atoms with Gasteiger partial charge >= 0.3 is 5.97 Å². The predicted molar refractivity (Wildman–Crippen MR) is 106 cm³/mol. The molecule has 0 spiro atoms. The molecule has 7 N–H and O–H groups in total. The van der Waals surface area contributed by atoms with Gasteiger partial charge < -0.3 is 36.1 Å². The third-order valence-corrected chi connectivity index (χ3v) is 5.20. The SMILES string of the molecule is NC(=O)c1ncn([C@@H]2O[C@H](C(=O)N[C@H](Cc3c[nH]c4ccccc34)C(=O)O)[C@@H](O)[C@H]2O)n1. The first-order valence-electron chi connectivity index (χ1n) is 9.57. The van der Waals surface area contributed by atoms with Crippen LogP contribution in [0.5, 0.6) is 0 Å². The van der Waals surface area contributed by atoms with Crippen LogP contribution in [-0.2, 0) is 20.7 Å². The number of nitrogens with one attached hydrogen (secondary N) is 2. The fraction of sp³-hybridized carbons (Fsp3) is 0.316. The molecule has 2 aromatic heterocycles. The van der Waals surface area contributed by atoms with E-state index >= 15 is 0 Å². The molecule has 5 atom stereocenters. The summed E-state index contributed by atoms with van der Waals surface area (Å²) < 4.78 is 6.36. The number of H-pyrrole nitrogens is 1. The molecular formula is C19H20N6O7. The van der Waals surface area contributed by atoms with Gasteiger partial charge in [0.15, 0.2) is 12.3 Å². The van der Waals surface area contributed by atoms with Crippen LogP contribution < -0.4 is 11.1 Å². The van der Waals surface area contributed by atoms with Crippen LogP contribution >= 0.6 is 0 Å². The second-order valence-corrected chi connectivity index (χ2v) is 7.30. The minimum atomic E-state index is -1.68. The summed E-state index contributed by atoms with van der Waals surface area (Å²) in [6, 6.07) is 5.99. The van der Waals surface area contributed by atoms with Gasteiger partial charge in [0.2, 0.25) is 5.82 Å². The van der Waals surface area contributed by atoms with E-state index in [0.29, 0.717) is 5.56 Å². The van der Waals surface area contributed by atoms with Gasteiger partial charge in [-0.25, -0.2) is 14.5 Å². The summed E-state index contributed by atoms with van der Waals surface area (Å²) >= 11 is 0. The molecule has 2 amide bonds. The zero-order chi connectivity index (χ0) is 23.0. The molecule has 1 saturated heterocycles. The summed E-state index contributed by atoms with van der Waals surface area (Å²) in [6.45, 7) is 0. The molecule has 32 heavy (non-hydrogen) atoms. The minimum Gasteiger partial charge on any atom is -0.480 e. The molecule has 0 bridgehead atoms. The highest BCUT2D eigenvalue weighted by Crippen LogP contribution is 2.29. The van der Waals surface area contributed by atoms with Gasteiger partial charge in [-0.05, 0) is 11.6 Å². The van der Waals surface area contributed by atoms with Crippen LogP contribution in [-0.4, -0.2) is 77.2 Å². The van der Waals surface area contributed by atoms with E-state index < -0.39 is 48.4 Å². The molecular weight excluding hydrogens is 424 g/mol. The molecule has 1 fully saturated rings. The molecule has 4 rings (SSSR count). The number of hydrogen-bond acceptors (Lipinski definition) is 8. The van der Waals surface area contributed by atoms with Gasteiger partial charge in [-0.15, -0.1) is 5.10 Å². The Morgan fingerprint density at radius 1 is 1.25 bits per heavy atom. The molecule has 1 aliphatic rings. The zero-order valence-corrected chi connectivity index (χ0v) is 16.5. The highest BCUT2D eigenvalue weighted by atomic mass is 16.6. The number of carbonyl (C=O) groups excluding carboxylic acids is 2. The monoisotopic (exact) mass is 444 g/mol. The van der Waals surface area contributed by atoms with Gasteiger partial charge in [0.05, 0.1) is 0 Å². The van der Waals surface area contributed by atoms with Crippen LogP contribution in [0.1, 0.15) is 22.4 Å². The number of aliphatic hydroxyl groups is 2. The van der Waals surface area contributed by atoms with Crippen molar-refractivity contribution in [2.45, 2.75) is 37.0 Å². The molecule has 168 valence electrons. The van der Waals surface area contributed by atoms with Gasteiger partial charge in [-0.2, -0.15) is 0 Å². The number of amides is 2. The van der Waals surface area contributed by atoms with Gasteiger partial charge in [0, 0.05) is 23.5 Å². The van der Waals surface area contributed by atoms with E-state index in [4.69, 9.17) is 10.5 Å². The first kappa shape index (κ1) is 21.4. The van der Waals surface area contributed by atoms with Crippen LogP contribution in [0.15, 0.2) is 36.8 Å². The fourth-order valence-corrected chi connectivity index (χ4v) is 3.58. The van der Waals surface area contributed by atoms with E-state index in [2.05, 4.69) is 20.4 Å². The number of carbonyl (C=O) groups is 3. The Morgan fingerprint density at radius 2 is 2.00 bits per heavy atom. The summed E-state index contributed by atoms with van der Waals surface area (Å²) in [5.74, 6) is -3.46. The molecule has 3 aromatic rings. The Balaban J connectivity index is 1.48. The maximum Gasteiger partial charge on any atom is 0.326 e. The standard InChI is InChI=1S/C19H20N6O7/c20-15(28)16-22-7-25(24-16)18-13(27)12(26)14(32-18)17(29)23-11(19(30)31)5-8-6-21-10-4-2-1-3-9(8)10/h1-4,6-7,11-14,18,21,26-27H,5H2,(H2,20,28)(H,23,29)(H,30,31)/t11-,12+,13-,14+,18-/m1/s1. The third kappa shape index (κ3) is 3.91. The Hall–Kier alpha value is -3.81. The lowest BCUT2D eigenvalue weighted by Crippen LogP contribution is -2.50. The summed E-state index contributed by atoms with van der Waals surface area (Å²) in [6.07, 6.45) is -3.49. The summed E-state index contributed by atoms with van der Waals surface area (Å²) in [5.41, 5.74) is 6.59. The number of carboxylic acid groups (broad SMARTS) is 1. The van der Waals surface area contributed by atoms with Crippen molar-refractivity contribution in [1.29, 1.82) is 0 Å². The molecule has 1 aliphatic heterocycles. The molecule has 3 heterocycles. The number of fused-ring (bicyclic) bond motifs is 1. The van der Waals surface area contributed by atoms with Crippen molar-refractivity contribution < 1.29 is 34.4 Å². The average molecular weight is 444 g/mol. The Labute approximate surface area is 179 Å². The first-order valence-corrected chi connectivity index (χ1v) is 9.57. The van der Waals surface area contributed by atoms with Crippen molar-refractivity contribution in [1.82, 2.24) is 25.1 Å². The van der Waals surface area contributed by atoms with E-state index in [1.54, 1.807) is 6.20 Å². The quantitative estimate of drug-likeness (QED) is 0.245. The molecule has 1 aromatic carbocycles. The Kier molecular flexibility index (Phi) is 5.61. The van der Waals surface area contributed by atoms with E-state index in [1.807, 2.05) is 24.3 Å². The maximum atomic E-state index is 12.7. The van der Waals surface area contributed by atoms with Crippen molar-refractivity contribution in [3.05, 3.63) is 48.2 Å². The Morgan fingerprint density at radius 3 is 2.69 bits per heavy atom. The molecule has 0 saturated carbocycles. The van der Waals surface area contributed by atoms with Crippen LogP contribution in [0.4, 0.5) is 0 Å². The second-order valence-electron chi connectivity index (χ2n) is 7.30. The lowest BCUT2D eigenvalue weighted by molar-refractivity contribution is -0.146. The summed E-state index contributed by atoms with van der Waals surface area (Å²) in [7, 11) is 0. The maximum absolute atomic E-state index is 12.7. The van der Waals surface area contributed by atoms with Gasteiger partial charge in [0.25, 0.3) is 11.8 Å². The number of hydrogen-bond donors (Lipinski definition) is 6. The van der Waals surface area contributed by atoms with E-state index in [1.165, 1.54) is 0 Å². The van der Waals surface area contributed by atoms with E-state index in [-0.39, 0.29) is 12.2 Å². The van der Waals surface area contributed by atoms with Crippen molar-refractivity contribution in [2.24, 2.45) is 5.73 Å². The number of aliphatic carboxylic acids is 1. The smallest absolute Gasteiger partial charge is 0.326 e. The number of nitrogens with zero attached hydrogens (tertiary/aromatic N) is 3. The van der Waals surface area contributed by atoms with Crippen LogP contribution in [0, 0.1) is 0 Å². The number of nitrogens with two attached hydrogens (primary N) is 1. The molecule has 0 radical (unpaired) electrons. The van der Waals surface area contributed by atoms with Crippen LogP contribution in [0.3, 0.4) is 0 Å². The molecule has 13 nitrogen and oxygen atoms in total. The number of rotatable bonds is 7. The number of para-hydroxylation sites is 1. The normalized spacial score (nSPS) is 23.8. The predicted octanol–water partition coefficient (Wildman–Crippen LogP) is -1.71. The van der Waals surface area contributed by atoms with Gasteiger partial charge in [-0.3, -0.25) is 9.59 Å². The van der Waals surface area contributed by atoms with Crippen molar-refractivity contribution >= 4 is 28.7 Å². The van der Waals surface area contributed by atoms with Crippen molar-refractivity contribution in [3.8, 4) is 0 Å². The van der Waals surface area contributed by atoms with Crippen LogP contribution in [0.2, 0.25) is 0 Å². The highest BCUT2D eigenvalue weighted by molar-refractivity contribution is 5.89. The number of aromatic amines is 1. The van der Waals surface area contributed by atoms with Crippen LogP contribution in [0.25, 0.3) is 10.9 Å². The third-order valence-electron chi connectivity index (χ3n) is 5.20. The topological polar surface area (TPSA) is 206 Å². The number of aromatic nitrogens is 4. The zero-order valence-electron chi connectivity index (χ0n) is 16.5. The summed E-state index contributed by atoms with van der Waals surface area (Å²) in [4.78, 5) is 42.3. The number of carboxylic acids is 1. The molecule has 0 aliphatic carbocycles. The second kappa shape index (κ2) is 8.37.